The molecule has 0 bridgehead atoms. The van der Waals surface area contributed by atoms with Crippen LogP contribution in [0.15, 0.2) is 12.1 Å². The Morgan fingerprint density at radius 2 is 2.23 bits per heavy atom. The molecule has 1 aromatic carbocycles. The van der Waals surface area contributed by atoms with E-state index in [0.717, 1.165) is 6.07 Å². The maximum absolute atomic E-state index is 12.7. The molecular formula is C7H2ClFN2O2. The van der Waals surface area contributed by atoms with E-state index in [4.69, 9.17) is 16.9 Å². The second kappa shape index (κ2) is 3.37. The van der Waals surface area contributed by atoms with Crippen molar-refractivity contribution in [3.8, 4) is 6.07 Å². The SMILES string of the molecule is N#Cc1cc(Cl)c(F)cc1[N+](=O)[O-]. The lowest BCUT2D eigenvalue weighted by atomic mass is 10.2. The Labute approximate surface area is 77.3 Å². The van der Waals surface area contributed by atoms with Gasteiger partial charge in [0, 0.05) is 0 Å². The third-order valence-corrected chi connectivity index (χ3v) is 1.65. The highest BCUT2D eigenvalue weighted by Gasteiger charge is 2.16. The molecule has 0 radical (unpaired) electrons. The van der Waals surface area contributed by atoms with Crippen molar-refractivity contribution < 1.29 is 9.31 Å². The third-order valence-electron chi connectivity index (χ3n) is 1.36. The van der Waals surface area contributed by atoms with Crippen LogP contribution >= 0.6 is 11.6 Å². The van der Waals surface area contributed by atoms with Crippen LogP contribution in [0.1, 0.15) is 5.56 Å². The number of rotatable bonds is 1. The van der Waals surface area contributed by atoms with Crippen LogP contribution in [0.5, 0.6) is 0 Å². The maximum atomic E-state index is 12.7. The first kappa shape index (κ1) is 9.42. The van der Waals surface area contributed by atoms with Crippen molar-refractivity contribution in [2.24, 2.45) is 0 Å². The average molecular weight is 201 g/mol. The molecule has 0 amide bonds. The Morgan fingerprint density at radius 3 is 2.69 bits per heavy atom. The van der Waals surface area contributed by atoms with Gasteiger partial charge in [0.1, 0.15) is 17.4 Å². The smallest absolute Gasteiger partial charge is 0.258 e. The standard InChI is InChI=1S/C7H2ClFN2O2/c8-5-1-4(3-10)7(11(12)13)2-6(5)9/h1-2H. The van der Waals surface area contributed by atoms with Gasteiger partial charge in [-0.1, -0.05) is 11.6 Å². The Hall–Kier alpha value is -1.67. The van der Waals surface area contributed by atoms with Crippen molar-refractivity contribution in [1.82, 2.24) is 0 Å². The first-order valence-corrected chi connectivity index (χ1v) is 3.47. The van der Waals surface area contributed by atoms with Crippen molar-refractivity contribution in [3.63, 3.8) is 0 Å². The monoisotopic (exact) mass is 200 g/mol. The van der Waals surface area contributed by atoms with Crippen LogP contribution in [0.2, 0.25) is 5.02 Å². The molecule has 13 heavy (non-hydrogen) atoms. The molecule has 0 atom stereocenters. The summed E-state index contributed by atoms with van der Waals surface area (Å²) in [7, 11) is 0. The van der Waals surface area contributed by atoms with Crippen molar-refractivity contribution in [2.75, 3.05) is 0 Å². The second-order valence-electron chi connectivity index (χ2n) is 2.15. The molecule has 0 aliphatic heterocycles. The topological polar surface area (TPSA) is 66.9 Å². The lowest BCUT2D eigenvalue weighted by Crippen LogP contribution is -1.93. The molecule has 0 aliphatic rings. The summed E-state index contributed by atoms with van der Waals surface area (Å²) in [6, 6.07) is 3.10. The molecule has 6 heteroatoms. The van der Waals surface area contributed by atoms with E-state index in [1.807, 2.05) is 0 Å². The highest BCUT2D eigenvalue weighted by molar-refractivity contribution is 6.30. The summed E-state index contributed by atoms with van der Waals surface area (Å²) in [6.07, 6.45) is 0. The number of nitro benzene ring substituents is 1. The van der Waals surface area contributed by atoms with E-state index in [1.165, 1.54) is 0 Å². The molecule has 66 valence electrons. The zero-order valence-electron chi connectivity index (χ0n) is 6.12. The molecule has 0 N–H and O–H groups in total. The minimum Gasteiger partial charge on any atom is -0.258 e. The largest absolute Gasteiger partial charge is 0.290 e. The van der Waals surface area contributed by atoms with E-state index < -0.39 is 16.4 Å². The van der Waals surface area contributed by atoms with Gasteiger partial charge in [0.25, 0.3) is 5.69 Å². The Kier molecular flexibility index (Phi) is 2.44. The fourth-order valence-electron chi connectivity index (χ4n) is 0.777. The van der Waals surface area contributed by atoms with Crippen LogP contribution < -0.4 is 0 Å². The lowest BCUT2D eigenvalue weighted by Gasteiger charge is -1.96. The van der Waals surface area contributed by atoms with Crippen molar-refractivity contribution in [2.45, 2.75) is 0 Å². The maximum Gasteiger partial charge on any atom is 0.290 e. The molecule has 1 aromatic rings. The number of hydrogen-bond donors (Lipinski definition) is 0. The van der Waals surface area contributed by atoms with Crippen molar-refractivity contribution in [1.29, 1.82) is 5.26 Å². The van der Waals surface area contributed by atoms with Crippen LogP contribution in [0.25, 0.3) is 0 Å². The molecule has 0 saturated carbocycles. The summed E-state index contributed by atoms with van der Waals surface area (Å²) in [4.78, 5) is 9.45. The molecule has 0 aromatic heterocycles. The van der Waals surface area contributed by atoms with E-state index in [1.54, 1.807) is 6.07 Å². The van der Waals surface area contributed by atoms with E-state index >= 15 is 0 Å². The van der Waals surface area contributed by atoms with Gasteiger partial charge >= 0.3 is 0 Å². The van der Waals surface area contributed by atoms with E-state index in [0.29, 0.717) is 6.07 Å². The fourth-order valence-corrected chi connectivity index (χ4v) is 0.941. The number of benzene rings is 1. The van der Waals surface area contributed by atoms with Gasteiger partial charge in [-0.05, 0) is 6.07 Å². The Morgan fingerprint density at radius 1 is 1.62 bits per heavy atom. The molecule has 0 unspecified atom stereocenters. The van der Waals surface area contributed by atoms with Crippen LogP contribution in [0.3, 0.4) is 0 Å². The highest BCUT2D eigenvalue weighted by Crippen LogP contribution is 2.24. The molecule has 4 nitrogen and oxygen atoms in total. The second-order valence-corrected chi connectivity index (χ2v) is 2.56. The molecule has 0 saturated heterocycles. The van der Waals surface area contributed by atoms with Gasteiger partial charge in [0.2, 0.25) is 0 Å². The number of hydrogen-bond acceptors (Lipinski definition) is 3. The normalized spacial score (nSPS) is 9.31. The predicted molar refractivity (Wildman–Crippen MR) is 42.8 cm³/mol. The molecule has 0 fully saturated rings. The summed E-state index contributed by atoms with van der Waals surface area (Å²) in [6.45, 7) is 0. The zero-order valence-corrected chi connectivity index (χ0v) is 6.88. The van der Waals surface area contributed by atoms with E-state index in [-0.39, 0.29) is 10.6 Å². The highest BCUT2D eigenvalue weighted by atomic mass is 35.5. The molecule has 0 heterocycles. The Bertz CT molecular complexity index is 414. The van der Waals surface area contributed by atoms with Crippen LogP contribution in [-0.4, -0.2) is 4.92 Å². The first-order valence-electron chi connectivity index (χ1n) is 3.10. The summed E-state index contributed by atoms with van der Waals surface area (Å²) in [5.41, 5.74) is -0.833. The minimum absolute atomic E-state index is 0.253. The van der Waals surface area contributed by atoms with Crippen LogP contribution in [0.4, 0.5) is 10.1 Å². The van der Waals surface area contributed by atoms with Gasteiger partial charge in [-0.15, -0.1) is 0 Å². The van der Waals surface area contributed by atoms with Crippen molar-refractivity contribution >= 4 is 17.3 Å². The van der Waals surface area contributed by atoms with Gasteiger partial charge in [-0.3, -0.25) is 10.1 Å². The summed E-state index contributed by atoms with van der Waals surface area (Å²) >= 11 is 5.32. The van der Waals surface area contributed by atoms with Gasteiger partial charge < -0.3 is 0 Å². The number of nitro groups is 1. The number of nitrogens with zero attached hydrogens (tertiary/aromatic N) is 2. The lowest BCUT2D eigenvalue weighted by molar-refractivity contribution is -0.385. The number of halogens is 2. The summed E-state index contributed by atoms with van der Waals surface area (Å²) in [5.74, 6) is -0.910. The molecule has 1 rings (SSSR count). The summed E-state index contributed by atoms with van der Waals surface area (Å²) < 4.78 is 12.7. The van der Waals surface area contributed by atoms with E-state index in [2.05, 4.69) is 0 Å². The fraction of sp³-hybridized carbons (Fsp3) is 0. The van der Waals surface area contributed by atoms with Crippen LogP contribution in [0, 0.1) is 27.3 Å². The molecule has 0 aliphatic carbocycles. The average Bonchev–Trinajstić information content (AvgIpc) is 2.08. The Balaban J connectivity index is 3.44. The molecule has 0 spiro atoms. The van der Waals surface area contributed by atoms with Gasteiger partial charge in [-0.2, -0.15) is 5.26 Å². The number of nitriles is 1. The minimum atomic E-state index is -0.910. The van der Waals surface area contributed by atoms with Crippen molar-refractivity contribution in [3.05, 3.63) is 38.7 Å². The van der Waals surface area contributed by atoms with Gasteiger partial charge in [0.05, 0.1) is 16.0 Å². The van der Waals surface area contributed by atoms with E-state index in [9.17, 15) is 14.5 Å². The summed E-state index contributed by atoms with van der Waals surface area (Å²) in [5, 5.41) is 18.4. The van der Waals surface area contributed by atoms with Gasteiger partial charge in [-0.25, -0.2) is 4.39 Å². The first-order chi connectivity index (χ1) is 6.06. The zero-order chi connectivity index (χ0) is 10.0. The molecular weight excluding hydrogens is 199 g/mol. The van der Waals surface area contributed by atoms with Crippen LogP contribution in [-0.2, 0) is 0 Å². The third kappa shape index (κ3) is 1.73. The predicted octanol–water partition coefficient (Wildman–Crippen LogP) is 2.26. The quantitative estimate of drug-likeness (QED) is 0.516. The van der Waals surface area contributed by atoms with Gasteiger partial charge in [0.15, 0.2) is 0 Å².